The van der Waals surface area contributed by atoms with Crippen LogP contribution in [0.1, 0.15) is 61.6 Å². The second-order valence-electron chi connectivity index (χ2n) is 5.82. The molecule has 1 aromatic rings. The van der Waals surface area contributed by atoms with Crippen molar-refractivity contribution in [3.8, 4) is 0 Å². The van der Waals surface area contributed by atoms with Crippen LogP contribution in [0.5, 0.6) is 0 Å². The fourth-order valence-electron chi connectivity index (χ4n) is 3.16. The Balaban J connectivity index is 2.12. The van der Waals surface area contributed by atoms with Crippen molar-refractivity contribution >= 4 is 0 Å². The highest BCUT2D eigenvalue weighted by Gasteiger charge is 2.20. The van der Waals surface area contributed by atoms with Gasteiger partial charge in [-0.05, 0) is 62.3 Å². The van der Waals surface area contributed by atoms with Gasteiger partial charge < -0.3 is 5.32 Å². The van der Waals surface area contributed by atoms with Crippen LogP contribution in [0, 0.1) is 13.8 Å². The zero-order chi connectivity index (χ0) is 13.0. The summed E-state index contributed by atoms with van der Waals surface area (Å²) in [6.45, 7) is 7.76. The summed E-state index contributed by atoms with van der Waals surface area (Å²) in [4.78, 5) is 0. The lowest BCUT2D eigenvalue weighted by molar-refractivity contribution is 0.449. The van der Waals surface area contributed by atoms with Gasteiger partial charge in [-0.3, -0.25) is 0 Å². The molecule has 1 nitrogen and oxygen atoms in total. The summed E-state index contributed by atoms with van der Waals surface area (Å²) >= 11 is 0. The number of nitrogens with one attached hydrogen (secondary N) is 1. The van der Waals surface area contributed by atoms with Gasteiger partial charge >= 0.3 is 0 Å². The SMILES string of the molecule is CCNC1CCCCC(c2ccc(C)c(C)c2)C1. The van der Waals surface area contributed by atoms with Gasteiger partial charge in [0.2, 0.25) is 0 Å². The third kappa shape index (κ3) is 3.35. The second kappa shape index (κ2) is 6.38. The fourth-order valence-corrected chi connectivity index (χ4v) is 3.16. The Morgan fingerprint density at radius 3 is 2.61 bits per heavy atom. The first-order valence-corrected chi connectivity index (χ1v) is 7.51. The highest BCUT2D eigenvalue weighted by molar-refractivity contribution is 5.32. The minimum absolute atomic E-state index is 0.726. The Morgan fingerprint density at radius 2 is 1.89 bits per heavy atom. The summed E-state index contributed by atoms with van der Waals surface area (Å²) in [5.41, 5.74) is 4.41. The molecule has 0 spiro atoms. The molecular weight excluding hydrogens is 218 g/mol. The summed E-state index contributed by atoms with van der Waals surface area (Å²) in [5, 5.41) is 3.65. The smallest absolute Gasteiger partial charge is 0.00727 e. The molecule has 1 aliphatic rings. The zero-order valence-electron chi connectivity index (χ0n) is 12.1. The van der Waals surface area contributed by atoms with E-state index in [1.54, 1.807) is 5.56 Å². The van der Waals surface area contributed by atoms with Crippen LogP contribution in [0.15, 0.2) is 18.2 Å². The van der Waals surface area contributed by atoms with Gasteiger partial charge in [0.15, 0.2) is 0 Å². The van der Waals surface area contributed by atoms with E-state index in [0.717, 1.165) is 18.5 Å². The zero-order valence-corrected chi connectivity index (χ0v) is 12.1. The Bertz CT molecular complexity index is 383. The molecule has 1 aromatic carbocycles. The quantitative estimate of drug-likeness (QED) is 0.782. The lowest BCUT2D eigenvalue weighted by Gasteiger charge is -2.21. The van der Waals surface area contributed by atoms with Gasteiger partial charge in [-0.25, -0.2) is 0 Å². The van der Waals surface area contributed by atoms with Gasteiger partial charge in [0.1, 0.15) is 0 Å². The molecule has 0 aromatic heterocycles. The van der Waals surface area contributed by atoms with Gasteiger partial charge in [0, 0.05) is 6.04 Å². The van der Waals surface area contributed by atoms with Crippen molar-refractivity contribution in [2.24, 2.45) is 0 Å². The molecule has 18 heavy (non-hydrogen) atoms. The average Bonchev–Trinajstić information content (AvgIpc) is 2.59. The molecular formula is C17H27N. The Kier molecular flexibility index (Phi) is 4.82. The molecule has 1 saturated carbocycles. The molecule has 1 N–H and O–H groups in total. The van der Waals surface area contributed by atoms with Crippen LogP contribution in [0.25, 0.3) is 0 Å². The van der Waals surface area contributed by atoms with Crippen LogP contribution in [0.4, 0.5) is 0 Å². The van der Waals surface area contributed by atoms with Crippen LogP contribution in [-0.2, 0) is 0 Å². The third-order valence-electron chi connectivity index (χ3n) is 4.42. The topological polar surface area (TPSA) is 12.0 Å². The van der Waals surface area contributed by atoms with E-state index in [4.69, 9.17) is 0 Å². The maximum atomic E-state index is 3.65. The van der Waals surface area contributed by atoms with Crippen molar-refractivity contribution in [3.05, 3.63) is 34.9 Å². The van der Waals surface area contributed by atoms with E-state index in [-0.39, 0.29) is 0 Å². The van der Waals surface area contributed by atoms with Crippen molar-refractivity contribution in [2.75, 3.05) is 6.54 Å². The molecule has 2 atom stereocenters. The largest absolute Gasteiger partial charge is 0.314 e. The van der Waals surface area contributed by atoms with E-state index in [1.807, 2.05) is 0 Å². The standard InChI is InChI=1S/C17H27N/c1-4-18-17-8-6-5-7-15(12-17)16-10-9-13(2)14(3)11-16/h9-11,15,17-18H,4-8,12H2,1-3H3. The van der Waals surface area contributed by atoms with Crippen LogP contribution >= 0.6 is 0 Å². The minimum Gasteiger partial charge on any atom is -0.314 e. The first-order valence-electron chi connectivity index (χ1n) is 7.51. The van der Waals surface area contributed by atoms with Crippen LogP contribution < -0.4 is 5.32 Å². The maximum absolute atomic E-state index is 3.65. The molecule has 0 radical (unpaired) electrons. The third-order valence-corrected chi connectivity index (χ3v) is 4.42. The molecule has 0 saturated heterocycles. The maximum Gasteiger partial charge on any atom is 0.00727 e. The van der Waals surface area contributed by atoms with Crippen molar-refractivity contribution in [1.82, 2.24) is 5.32 Å². The number of benzene rings is 1. The van der Waals surface area contributed by atoms with E-state index in [2.05, 4.69) is 44.3 Å². The minimum atomic E-state index is 0.726. The van der Waals surface area contributed by atoms with Crippen molar-refractivity contribution in [1.29, 1.82) is 0 Å². The molecule has 2 rings (SSSR count). The number of aryl methyl sites for hydroxylation is 2. The van der Waals surface area contributed by atoms with Crippen LogP contribution in [0.2, 0.25) is 0 Å². The van der Waals surface area contributed by atoms with E-state index in [0.29, 0.717) is 0 Å². The lowest BCUT2D eigenvalue weighted by Crippen LogP contribution is -2.29. The highest BCUT2D eigenvalue weighted by Crippen LogP contribution is 2.32. The van der Waals surface area contributed by atoms with E-state index in [9.17, 15) is 0 Å². The lowest BCUT2D eigenvalue weighted by atomic mass is 9.88. The summed E-state index contributed by atoms with van der Waals surface area (Å²) in [6.07, 6.45) is 6.81. The van der Waals surface area contributed by atoms with Crippen LogP contribution in [0.3, 0.4) is 0 Å². The Labute approximate surface area is 112 Å². The Morgan fingerprint density at radius 1 is 1.11 bits per heavy atom. The molecule has 2 unspecified atom stereocenters. The monoisotopic (exact) mass is 245 g/mol. The Hall–Kier alpha value is -0.820. The first-order chi connectivity index (χ1) is 8.70. The number of hydrogen-bond acceptors (Lipinski definition) is 1. The van der Waals surface area contributed by atoms with E-state index in [1.165, 1.54) is 43.2 Å². The normalized spacial score (nSPS) is 24.8. The number of rotatable bonds is 3. The molecule has 1 fully saturated rings. The van der Waals surface area contributed by atoms with E-state index < -0.39 is 0 Å². The first kappa shape index (κ1) is 13.6. The average molecular weight is 245 g/mol. The molecule has 0 heterocycles. The fraction of sp³-hybridized carbons (Fsp3) is 0.647. The van der Waals surface area contributed by atoms with Crippen LogP contribution in [-0.4, -0.2) is 12.6 Å². The van der Waals surface area contributed by atoms with E-state index >= 15 is 0 Å². The van der Waals surface area contributed by atoms with Crippen molar-refractivity contribution in [3.63, 3.8) is 0 Å². The predicted molar refractivity (Wildman–Crippen MR) is 79.2 cm³/mol. The summed E-state index contributed by atoms with van der Waals surface area (Å²) in [6, 6.07) is 7.78. The highest BCUT2D eigenvalue weighted by atomic mass is 14.9. The molecule has 0 bridgehead atoms. The summed E-state index contributed by atoms with van der Waals surface area (Å²) < 4.78 is 0. The molecule has 1 heteroatoms. The second-order valence-corrected chi connectivity index (χ2v) is 5.82. The summed E-state index contributed by atoms with van der Waals surface area (Å²) in [5.74, 6) is 0.760. The molecule has 100 valence electrons. The summed E-state index contributed by atoms with van der Waals surface area (Å²) in [7, 11) is 0. The van der Waals surface area contributed by atoms with Gasteiger partial charge in [0.05, 0.1) is 0 Å². The van der Waals surface area contributed by atoms with Gasteiger partial charge in [-0.1, -0.05) is 38.0 Å². The predicted octanol–water partition coefficient (Wildman–Crippen LogP) is 4.33. The molecule has 1 aliphatic carbocycles. The van der Waals surface area contributed by atoms with Crippen molar-refractivity contribution < 1.29 is 0 Å². The van der Waals surface area contributed by atoms with Gasteiger partial charge in [-0.15, -0.1) is 0 Å². The molecule has 0 aliphatic heterocycles. The van der Waals surface area contributed by atoms with Gasteiger partial charge in [0.25, 0.3) is 0 Å². The molecule has 0 amide bonds. The van der Waals surface area contributed by atoms with Gasteiger partial charge in [-0.2, -0.15) is 0 Å². The van der Waals surface area contributed by atoms with Crippen molar-refractivity contribution in [2.45, 2.75) is 64.8 Å². The number of hydrogen-bond donors (Lipinski definition) is 1.